The highest BCUT2D eigenvalue weighted by Crippen LogP contribution is 2.35. The van der Waals surface area contributed by atoms with Gasteiger partial charge in [-0.15, -0.1) is 0 Å². The van der Waals surface area contributed by atoms with Crippen LogP contribution in [0.5, 0.6) is 0 Å². The van der Waals surface area contributed by atoms with Crippen LogP contribution < -0.4 is 5.32 Å². The van der Waals surface area contributed by atoms with E-state index in [1.54, 1.807) is 5.32 Å². The van der Waals surface area contributed by atoms with E-state index in [1.807, 2.05) is 0 Å². The minimum atomic E-state index is -5.02. The second-order valence-electron chi connectivity index (χ2n) is 4.68. The number of hydrogen-bond acceptors (Lipinski definition) is 2. The molecule has 1 aliphatic rings. The van der Waals surface area contributed by atoms with Crippen molar-refractivity contribution in [3.63, 3.8) is 0 Å². The van der Waals surface area contributed by atoms with Crippen molar-refractivity contribution >= 4 is 5.91 Å². The van der Waals surface area contributed by atoms with Gasteiger partial charge in [-0.25, -0.2) is 8.78 Å². The quantitative estimate of drug-likeness (QED) is 0.872. The Bertz CT molecular complexity index is 506. The number of hydrogen-bond donors (Lipinski definition) is 1. The van der Waals surface area contributed by atoms with Crippen LogP contribution in [-0.2, 0) is 9.53 Å². The van der Waals surface area contributed by atoms with Gasteiger partial charge < -0.3 is 10.1 Å². The second kappa shape index (κ2) is 5.97. The Kier molecular flexibility index (Phi) is 4.46. The van der Waals surface area contributed by atoms with Crippen molar-refractivity contribution in [2.75, 3.05) is 13.2 Å². The first kappa shape index (κ1) is 15.7. The molecule has 21 heavy (non-hydrogen) atoms. The minimum absolute atomic E-state index is 0.00381. The van der Waals surface area contributed by atoms with Gasteiger partial charge >= 0.3 is 6.18 Å². The third-order valence-corrected chi connectivity index (χ3v) is 3.20. The molecule has 2 atom stereocenters. The van der Waals surface area contributed by atoms with Gasteiger partial charge in [0.25, 0.3) is 0 Å². The standard InChI is InChI=1S/C13H12F5NO2/c14-8-2-1-3-9(15)10(8)11(13(16,17)18)19-12(20)7-4-5-21-6-7/h1-3,7,11H,4-6H2,(H,19,20)/t7-,11+/m1/s1. The van der Waals surface area contributed by atoms with Crippen molar-refractivity contribution < 1.29 is 31.5 Å². The van der Waals surface area contributed by atoms with E-state index in [1.165, 1.54) is 0 Å². The molecule has 3 nitrogen and oxygen atoms in total. The van der Waals surface area contributed by atoms with Gasteiger partial charge in [-0.1, -0.05) is 6.07 Å². The van der Waals surface area contributed by atoms with Crippen LogP contribution in [0.1, 0.15) is 18.0 Å². The molecule has 1 fully saturated rings. The molecule has 0 bridgehead atoms. The third-order valence-electron chi connectivity index (χ3n) is 3.20. The monoisotopic (exact) mass is 309 g/mol. The van der Waals surface area contributed by atoms with E-state index in [9.17, 15) is 26.7 Å². The molecule has 0 aliphatic carbocycles. The Morgan fingerprint density at radius 1 is 1.29 bits per heavy atom. The maximum atomic E-state index is 13.5. The average molecular weight is 309 g/mol. The molecule has 0 spiro atoms. The van der Waals surface area contributed by atoms with E-state index in [0.717, 1.165) is 6.07 Å². The molecule has 1 N–H and O–H groups in total. The summed E-state index contributed by atoms with van der Waals surface area (Å²) in [5.41, 5.74) is -1.21. The van der Waals surface area contributed by atoms with Crippen LogP contribution in [0.15, 0.2) is 18.2 Å². The third kappa shape index (κ3) is 3.49. The largest absolute Gasteiger partial charge is 0.413 e. The summed E-state index contributed by atoms with van der Waals surface area (Å²) in [5, 5.41) is 1.67. The summed E-state index contributed by atoms with van der Waals surface area (Å²) in [7, 11) is 0. The van der Waals surface area contributed by atoms with Crippen molar-refractivity contribution in [1.29, 1.82) is 0 Å². The normalized spacial score (nSPS) is 20.3. The van der Waals surface area contributed by atoms with Gasteiger partial charge in [-0.05, 0) is 18.6 Å². The first-order chi connectivity index (χ1) is 9.80. The molecule has 2 rings (SSSR count). The molecule has 1 amide bonds. The molecular formula is C13H12F5NO2. The lowest BCUT2D eigenvalue weighted by atomic mass is 10.0. The number of nitrogens with one attached hydrogen (secondary N) is 1. The predicted octanol–water partition coefficient (Wildman–Crippen LogP) is 2.72. The fourth-order valence-corrected chi connectivity index (χ4v) is 2.11. The first-order valence-corrected chi connectivity index (χ1v) is 6.19. The van der Waals surface area contributed by atoms with E-state index in [4.69, 9.17) is 4.74 Å². The number of ether oxygens (including phenoxy) is 1. The Morgan fingerprint density at radius 2 is 1.90 bits per heavy atom. The number of alkyl halides is 3. The van der Waals surface area contributed by atoms with Gasteiger partial charge in [-0.3, -0.25) is 4.79 Å². The van der Waals surface area contributed by atoms with E-state index in [-0.39, 0.29) is 19.6 Å². The number of carbonyl (C=O) groups excluding carboxylic acids is 1. The van der Waals surface area contributed by atoms with Gasteiger partial charge in [0.15, 0.2) is 6.04 Å². The predicted molar refractivity (Wildman–Crippen MR) is 62.2 cm³/mol. The fraction of sp³-hybridized carbons (Fsp3) is 0.462. The van der Waals surface area contributed by atoms with Crippen LogP contribution in [0.4, 0.5) is 22.0 Å². The number of halogens is 5. The smallest absolute Gasteiger partial charge is 0.381 e. The molecule has 0 unspecified atom stereocenters. The molecule has 0 radical (unpaired) electrons. The lowest BCUT2D eigenvalue weighted by Crippen LogP contribution is -2.42. The first-order valence-electron chi connectivity index (χ1n) is 6.19. The van der Waals surface area contributed by atoms with Crippen molar-refractivity contribution in [1.82, 2.24) is 5.32 Å². The molecule has 1 saturated heterocycles. The van der Waals surface area contributed by atoms with Gasteiger partial charge in [0.1, 0.15) is 11.6 Å². The number of benzene rings is 1. The summed E-state index contributed by atoms with van der Waals surface area (Å²) >= 11 is 0. The van der Waals surface area contributed by atoms with Crippen LogP contribution in [0.2, 0.25) is 0 Å². The molecule has 1 aromatic rings. The maximum Gasteiger partial charge on any atom is 0.413 e. The van der Waals surface area contributed by atoms with E-state index in [0.29, 0.717) is 12.1 Å². The van der Waals surface area contributed by atoms with Crippen LogP contribution in [-0.4, -0.2) is 25.3 Å². The van der Waals surface area contributed by atoms with E-state index >= 15 is 0 Å². The van der Waals surface area contributed by atoms with Gasteiger partial charge in [0.2, 0.25) is 5.91 Å². The Morgan fingerprint density at radius 3 is 2.38 bits per heavy atom. The van der Waals surface area contributed by atoms with E-state index < -0.39 is 41.2 Å². The van der Waals surface area contributed by atoms with Crippen LogP contribution in [0.25, 0.3) is 0 Å². The molecule has 1 aromatic carbocycles. The summed E-state index contributed by atoms with van der Waals surface area (Å²) in [6, 6.07) is -0.357. The van der Waals surface area contributed by atoms with Crippen molar-refractivity contribution in [2.45, 2.75) is 18.6 Å². The maximum absolute atomic E-state index is 13.5. The Balaban J connectivity index is 2.29. The molecule has 116 valence electrons. The van der Waals surface area contributed by atoms with Gasteiger partial charge in [0.05, 0.1) is 18.1 Å². The lowest BCUT2D eigenvalue weighted by Gasteiger charge is -2.24. The average Bonchev–Trinajstić information content (AvgIpc) is 2.89. The highest BCUT2D eigenvalue weighted by Gasteiger charge is 2.45. The zero-order valence-corrected chi connectivity index (χ0v) is 10.7. The molecule has 0 saturated carbocycles. The zero-order chi connectivity index (χ0) is 15.6. The summed E-state index contributed by atoms with van der Waals surface area (Å²) < 4.78 is 71.1. The van der Waals surface area contributed by atoms with Crippen molar-refractivity contribution in [2.24, 2.45) is 5.92 Å². The van der Waals surface area contributed by atoms with Gasteiger partial charge in [0, 0.05) is 6.61 Å². The summed E-state index contributed by atoms with van der Waals surface area (Å²) in [6.45, 7) is 0.263. The molecule has 0 aromatic heterocycles. The van der Waals surface area contributed by atoms with Crippen LogP contribution in [0.3, 0.4) is 0 Å². The zero-order valence-electron chi connectivity index (χ0n) is 10.7. The summed E-state index contributed by atoms with van der Waals surface area (Å²) in [6.07, 6.45) is -4.74. The summed E-state index contributed by atoms with van der Waals surface area (Å²) in [5.74, 6) is -4.40. The molecule has 1 heterocycles. The summed E-state index contributed by atoms with van der Waals surface area (Å²) in [4.78, 5) is 11.8. The minimum Gasteiger partial charge on any atom is -0.381 e. The molecular weight excluding hydrogens is 297 g/mol. The van der Waals surface area contributed by atoms with E-state index in [2.05, 4.69) is 0 Å². The second-order valence-corrected chi connectivity index (χ2v) is 4.68. The van der Waals surface area contributed by atoms with Gasteiger partial charge in [-0.2, -0.15) is 13.2 Å². The SMILES string of the molecule is O=C(N[C@@H](c1c(F)cccc1F)C(F)(F)F)[C@@H]1CCOC1. The molecule has 1 aliphatic heterocycles. The van der Waals surface area contributed by atoms with Crippen LogP contribution in [0, 0.1) is 17.6 Å². The number of amides is 1. The fourth-order valence-electron chi connectivity index (χ4n) is 2.11. The van der Waals surface area contributed by atoms with Crippen LogP contribution >= 0.6 is 0 Å². The highest BCUT2D eigenvalue weighted by molar-refractivity contribution is 5.79. The number of carbonyl (C=O) groups is 1. The highest BCUT2D eigenvalue weighted by atomic mass is 19.4. The topological polar surface area (TPSA) is 38.3 Å². The lowest BCUT2D eigenvalue weighted by molar-refractivity contribution is -0.165. The Labute approximate surface area is 117 Å². The number of rotatable bonds is 3. The Hall–Kier alpha value is -1.70. The van der Waals surface area contributed by atoms with Crippen molar-refractivity contribution in [3.05, 3.63) is 35.4 Å². The molecule has 8 heteroatoms. The van der Waals surface area contributed by atoms with Crippen molar-refractivity contribution in [3.8, 4) is 0 Å².